The molecule has 20 heavy (non-hydrogen) atoms. The van der Waals surface area contributed by atoms with Crippen LogP contribution in [-0.4, -0.2) is 49.9 Å². The average Bonchev–Trinajstić information content (AvgIpc) is 2.41. The predicted molar refractivity (Wildman–Crippen MR) is 81.8 cm³/mol. The van der Waals surface area contributed by atoms with Crippen LogP contribution in [0.15, 0.2) is 0 Å². The van der Waals surface area contributed by atoms with Gasteiger partial charge in [0, 0.05) is 26.4 Å². The molecule has 2 N–H and O–H groups in total. The van der Waals surface area contributed by atoms with E-state index in [0.29, 0.717) is 13.2 Å². The van der Waals surface area contributed by atoms with Gasteiger partial charge in [0.05, 0.1) is 13.2 Å². The molecule has 0 aliphatic rings. The molecule has 0 rings (SSSR count). The smallest absolute Gasteiger partial charge is 0.0700 e. The molecule has 0 aromatic rings. The highest BCUT2D eigenvalue weighted by atomic mass is 16.5. The fourth-order valence-corrected chi connectivity index (χ4v) is 1.79. The van der Waals surface area contributed by atoms with Crippen LogP contribution in [-0.2, 0) is 9.47 Å². The van der Waals surface area contributed by atoms with Gasteiger partial charge in [0.2, 0.25) is 0 Å². The third kappa shape index (κ3) is 11.6. The lowest BCUT2D eigenvalue weighted by Gasteiger charge is -2.21. The number of aliphatic hydroxyl groups is 2. The topological polar surface area (TPSA) is 58.9 Å². The first-order valence-corrected chi connectivity index (χ1v) is 7.70. The zero-order valence-corrected chi connectivity index (χ0v) is 13.8. The minimum atomic E-state index is -0.000626. The lowest BCUT2D eigenvalue weighted by atomic mass is 9.89. The Morgan fingerprint density at radius 3 is 1.30 bits per heavy atom. The molecule has 4 heteroatoms. The van der Waals surface area contributed by atoms with E-state index in [9.17, 15) is 0 Å². The number of rotatable bonds is 13. The van der Waals surface area contributed by atoms with E-state index in [1.807, 2.05) is 0 Å². The molecule has 0 aromatic heterocycles. The van der Waals surface area contributed by atoms with Crippen LogP contribution >= 0.6 is 0 Å². The molecule has 0 saturated carbocycles. The van der Waals surface area contributed by atoms with Crippen molar-refractivity contribution < 1.29 is 19.7 Å². The summed E-state index contributed by atoms with van der Waals surface area (Å²) in [5.41, 5.74) is -0.00125. The molecule has 0 aromatic carbocycles. The second-order valence-corrected chi connectivity index (χ2v) is 7.08. The molecule has 0 bridgehead atoms. The summed E-state index contributed by atoms with van der Waals surface area (Å²) < 4.78 is 11.0. The fourth-order valence-electron chi connectivity index (χ4n) is 1.79. The van der Waals surface area contributed by atoms with Crippen LogP contribution < -0.4 is 0 Å². The first-order chi connectivity index (χ1) is 9.33. The average molecular weight is 290 g/mol. The molecule has 122 valence electrons. The Morgan fingerprint density at radius 1 is 0.650 bits per heavy atom. The molecule has 0 unspecified atom stereocenters. The molecule has 0 atom stereocenters. The van der Waals surface area contributed by atoms with Crippen molar-refractivity contribution in [2.75, 3.05) is 39.6 Å². The van der Waals surface area contributed by atoms with E-state index in [-0.39, 0.29) is 24.0 Å². The SMILES string of the molecule is CC(C)(CO)CCCOCCOCCCC(C)(C)CO. The molecule has 0 aliphatic carbocycles. The minimum absolute atomic E-state index is 0.000626. The maximum Gasteiger partial charge on any atom is 0.0700 e. The summed E-state index contributed by atoms with van der Waals surface area (Å²) in [5, 5.41) is 18.2. The van der Waals surface area contributed by atoms with Crippen LogP contribution in [0.4, 0.5) is 0 Å². The second-order valence-electron chi connectivity index (χ2n) is 7.08. The van der Waals surface area contributed by atoms with E-state index in [1.54, 1.807) is 0 Å². The Kier molecular flexibility index (Phi) is 10.5. The third-order valence-corrected chi connectivity index (χ3v) is 3.51. The van der Waals surface area contributed by atoms with Gasteiger partial charge in [-0.15, -0.1) is 0 Å². The van der Waals surface area contributed by atoms with Gasteiger partial charge in [0.25, 0.3) is 0 Å². The lowest BCUT2D eigenvalue weighted by molar-refractivity contribution is 0.0361. The van der Waals surface area contributed by atoms with Gasteiger partial charge in [-0.05, 0) is 36.5 Å². The maximum absolute atomic E-state index is 9.12. The molecule has 0 saturated heterocycles. The van der Waals surface area contributed by atoms with Crippen molar-refractivity contribution in [2.45, 2.75) is 53.4 Å². The Bertz CT molecular complexity index is 203. The molecule has 0 fully saturated rings. The molecular weight excluding hydrogens is 256 g/mol. The van der Waals surface area contributed by atoms with E-state index < -0.39 is 0 Å². The normalized spacial score (nSPS) is 12.9. The third-order valence-electron chi connectivity index (χ3n) is 3.51. The minimum Gasteiger partial charge on any atom is -0.396 e. The van der Waals surface area contributed by atoms with Crippen molar-refractivity contribution in [3.8, 4) is 0 Å². The van der Waals surface area contributed by atoms with Crippen LogP contribution in [0.3, 0.4) is 0 Å². The zero-order valence-electron chi connectivity index (χ0n) is 13.8. The molecule has 4 nitrogen and oxygen atoms in total. The highest BCUT2D eigenvalue weighted by molar-refractivity contribution is 4.66. The first kappa shape index (κ1) is 19.8. The van der Waals surface area contributed by atoms with Gasteiger partial charge in [-0.1, -0.05) is 27.7 Å². The van der Waals surface area contributed by atoms with Crippen molar-refractivity contribution in [3.05, 3.63) is 0 Å². The van der Waals surface area contributed by atoms with Crippen molar-refractivity contribution in [3.63, 3.8) is 0 Å². The summed E-state index contributed by atoms with van der Waals surface area (Å²) in [4.78, 5) is 0. The van der Waals surface area contributed by atoms with E-state index in [0.717, 1.165) is 38.9 Å². The Hall–Kier alpha value is -0.160. The van der Waals surface area contributed by atoms with Gasteiger partial charge in [0.15, 0.2) is 0 Å². The highest BCUT2D eigenvalue weighted by Crippen LogP contribution is 2.21. The zero-order chi connectivity index (χ0) is 15.5. The Labute approximate surface area is 124 Å². The highest BCUT2D eigenvalue weighted by Gasteiger charge is 2.16. The fraction of sp³-hybridized carbons (Fsp3) is 1.00. The molecule has 0 spiro atoms. The first-order valence-electron chi connectivity index (χ1n) is 7.70. The molecule has 0 amide bonds. The monoisotopic (exact) mass is 290 g/mol. The van der Waals surface area contributed by atoms with E-state index in [1.165, 1.54) is 0 Å². The van der Waals surface area contributed by atoms with E-state index in [2.05, 4.69) is 27.7 Å². The summed E-state index contributed by atoms with van der Waals surface area (Å²) in [6, 6.07) is 0. The van der Waals surface area contributed by atoms with Crippen molar-refractivity contribution in [2.24, 2.45) is 10.8 Å². The van der Waals surface area contributed by atoms with Crippen molar-refractivity contribution >= 4 is 0 Å². The summed E-state index contributed by atoms with van der Waals surface area (Å²) in [6.45, 7) is 11.4. The van der Waals surface area contributed by atoms with Gasteiger partial charge in [-0.25, -0.2) is 0 Å². The maximum atomic E-state index is 9.12. The largest absolute Gasteiger partial charge is 0.396 e. The molecule has 0 aliphatic heterocycles. The van der Waals surface area contributed by atoms with Crippen molar-refractivity contribution in [1.82, 2.24) is 0 Å². The summed E-state index contributed by atoms with van der Waals surface area (Å²) >= 11 is 0. The standard InChI is InChI=1S/C16H34O4/c1-15(2,13-17)7-5-9-19-11-12-20-10-6-8-16(3,4)14-18/h17-18H,5-14H2,1-4H3. The van der Waals surface area contributed by atoms with E-state index in [4.69, 9.17) is 19.7 Å². The Morgan fingerprint density at radius 2 is 1.00 bits per heavy atom. The van der Waals surface area contributed by atoms with Crippen LogP contribution in [0, 0.1) is 10.8 Å². The summed E-state index contributed by atoms with van der Waals surface area (Å²) in [7, 11) is 0. The quantitative estimate of drug-likeness (QED) is 0.512. The Balaban J connectivity index is 3.26. The van der Waals surface area contributed by atoms with Gasteiger partial charge < -0.3 is 19.7 Å². The number of aliphatic hydroxyl groups excluding tert-OH is 2. The van der Waals surface area contributed by atoms with Crippen molar-refractivity contribution in [1.29, 1.82) is 0 Å². The van der Waals surface area contributed by atoms with Crippen LogP contribution in [0.5, 0.6) is 0 Å². The number of ether oxygens (including phenoxy) is 2. The van der Waals surface area contributed by atoms with E-state index >= 15 is 0 Å². The number of hydrogen-bond donors (Lipinski definition) is 2. The van der Waals surface area contributed by atoms with Gasteiger partial charge >= 0.3 is 0 Å². The predicted octanol–water partition coefficient (Wildman–Crippen LogP) is 2.62. The second kappa shape index (κ2) is 10.6. The van der Waals surface area contributed by atoms with Gasteiger partial charge in [0.1, 0.15) is 0 Å². The van der Waals surface area contributed by atoms with Gasteiger partial charge in [-0.2, -0.15) is 0 Å². The summed E-state index contributed by atoms with van der Waals surface area (Å²) in [5.74, 6) is 0. The number of hydrogen-bond acceptors (Lipinski definition) is 4. The van der Waals surface area contributed by atoms with Gasteiger partial charge in [-0.3, -0.25) is 0 Å². The molecular formula is C16H34O4. The van der Waals surface area contributed by atoms with Crippen LogP contribution in [0.25, 0.3) is 0 Å². The lowest BCUT2D eigenvalue weighted by Crippen LogP contribution is -2.18. The van der Waals surface area contributed by atoms with Crippen LogP contribution in [0.1, 0.15) is 53.4 Å². The molecule has 0 heterocycles. The summed E-state index contributed by atoms with van der Waals surface area (Å²) in [6.07, 6.45) is 3.89. The molecule has 0 radical (unpaired) electrons. The van der Waals surface area contributed by atoms with Crippen LogP contribution in [0.2, 0.25) is 0 Å².